The largest absolute Gasteiger partial charge is 0.352 e. The summed E-state index contributed by atoms with van der Waals surface area (Å²) in [6.45, 7) is 3.44. The van der Waals surface area contributed by atoms with Crippen molar-refractivity contribution in [3.05, 3.63) is 45.7 Å². The van der Waals surface area contributed by atoms with Crippen LogP contribution >= 0.6 is 22.9 Å². The SMILES string of the molecule is Cn1nc(N2CCN(c3nc4ccc(Cl)cc4s3)CC2)ccc1=O. The molecule has 0 aliphatic carbocycles. The monoisotopic (exact) mass is 361 g/mol. The highest BCUT2D eigenvalue weighted by atomic mass is 35.5. The lowest BCUT2D eigenvalue weighted by atomic mass is 10.3. The van der Waals surface area contributed by atoms with Gasteiger partial charge >= 0.3 is 0 Å². The minimum absolute atomic E-state index is 0.0921. The summed E-state index contributed by atoms with van der Waals surface area (Å²) in [6, 6.07) is 9.14. The number of aromatic nitrogens is 3. The summed E-state index contributed by atoms with van der Waals surface area (Å²) in [7, 11) is 1.67. The van der Waals surface area contributed by atoms with Crippen LogP contribution < -0.4 is 15.4 Å². The van der Waals surface area contributed by atoms with Crippen molar-refractivity contribution < 1.29 is 0 Å². The van der Waals surface area contributed by atoms with Crippen LogP contribution in [-0.4, -0.2) is 40.9 Å². The van der Waals surface area contributed by atoms with Gasteiger partial charge in [-0.25, -0.2) is 9.67 Å². The molecule has 2 aromatic heterocycles. The van der Waals surface area contributed by atoms with E-state index in [-0.39, 0.29) is 5.56 Å². The number of anilines is 2. The second-order valence-corrected chi connectivity index (χ2v) is 7.18. The van der Waals surface area contributed by atoms with Gasteiger partial charge in [0.15, 0.2) is 5.13 Å². The van der Waals surface area contributed by atoms with E-state index in [4.69, 9.17) is 16.6 Å². The molecule has 0 radical (unpaired) electrons. The summed E-state index contributed by atoms with van der Waals surface area (Å²) < 4.78 is 2.48. The minimum atomic E-state index is -0.0921. The first kappa shape index (κ1) is 15.4. The maximum absolute atomic E-state index is 11.5. The number of rotatable bonds is 2. The Morgan fingerprint density at radius 3 is 2.58 bits per heavy atom. The lowest BCUT2D eigenvalue weighted by Gasteiger charge is -2.35. The van der Waals surface area contributed by atoms with E-state index in [1.807, 2.05) is 18.2 Å². The van der Waals surface area contributed by atoms with Gasteiger partial charge < -0.3 is 9.80 Å². The Bertz CT molecular complexity index is 945. The van der Waals surface area contributed by atoms with Crippen LogP contribution in [0, 0.1) is 0 Å². The Kier molecular flexibility index (Phi) is 3.90. The van der Waals surface area contributed by atoms with Crippen LogP contribution in [0.2, 0.25) is 5.02 Å². The van der Waals surface area contributed by atoms with E-state index in [0.717, 1.165) is 52.4 Å². The van der Waals surface area contributed by atoms with Crippen molar-refractivity contribution in [1.82, 2.24) is 14.8 Å². The molecule has 0 unspecified atom stereocenters. The van der Waals surface area contributed by atoms with Crippen LogP contribution in [0.3, 0.4) is 0 Å². The Morgan fingerprint density at radius 2 is 1.83 bits per heavy atom. The zero-order chi connectivity index (χ0) is 16.7. The molecule has 3 aromatic rings. The molecule has 0 saturated carbocycles. The highest BCUT2D eigenvalue weighted by molar-refractivity contribution is 7.22. The zero-order valence-electron chi connectivity index (χ0n) is 13.1. The molecule has 0 bridgehead atoms. The quantitative estimate of drug-likeness (QED) is 0.701. The summed E-state index contributed by atoms with van der Waals surface area (Å²) >= 11 is 7.72. The van der Waals surface area contributed by atoms with Crippen molar-refractivity contribution in [2.45, 2.75) is 0 Å². The van der Waals surface area contributed by atoms with Crippen LogP contribution in [0.5, 0.6) is 0 Å². The average Bonchev–Trinajstić information content (AvgIpc) is 3.00. The van der Waals surface area contributed by atoms with E-state index < -0.39 is 0 Å². The number of benzene rings is 1. The number of nitrogens with zero attached hydrogens (tertiary/aromatic N) is 5. The number of thiazole rings is 1. The number of halogens is 1. The molecule has 1 aliphatic heterocycles. The first-order valence-corrected chi connectivity index (χ1v) is 8.90. The van der Waals surface area contributed by atoms with Gasteiger partial charge in [-0.2, -0.15) is 5.10 Å². The van der Waals surface area contributed by atoms with Crippen LogP contribution in [0.25, 0.3) is 10.2 Å². The summed E-state index contributed by atoms with van der Waals surface area (Å²) in [5, 5.41) is 6.09. The number of piperazine rings is 1. The first-order valence-electron chi connectivity index (χ1n) is 7.70. The maximum Gasteiger partial charge on any atom is 0.266 e. The van der Waals surface area contributed by atoms with Crippen LogP contribution in [0.1, 0.15) is 0 Å². The van der Waals surface area contributed by atoms with Crippen molar-refractivity contribution in [2.75, 3.05) is 36.0 Å². The predicted octanol–water partition coefficient (Wildman–Crippen LogP) is 2.37. The van der Waals surface area contributed by atoms with Crippen molar-refractivity contribution in [3.8, 4) is 0 Å². The fourth-order valence-corrected chi connectivity index (χ4v) is 4.10. The molecular formula is C16H16ClN5OS. The highest BCUT2D eigenvalue weighted by Gasteiger charge is 2.21. The normalized spacial score (nSPS) is 15.2. The number of hydrogen-bond acceptors (Lipinski definition) is 6. The second-order valence-electron chi connectivity index (χ2n) is 5.74. The highest BCUT2D eigenvalue weighted by Crippen LogP contribution is 2.31. The second kappa shape index (κ2) is 6.07. The predicted molar refractivity (Wildman–Crippen MR) is 98.5 cm³/mol. The fraction of sp³-hybridized carbons (Fsp3) is 0.312. The van der Waals surface area contributed by atoms with Gasteiger partial charge in [-0.3, -0.25) is 4.79 Å². The van der Waals surface area contributed by atoms with E-state index in [1.54, 1.807) is 30.5 Å². The third kappa shape index (κ3) is 2.85. The zero-order valence-corrected chi connectivity index (χ0v) is 14.7. The summed E-state index contributed by atoms with van der Waals surface area (Å²) in [6.07, 6.45) is 0. The molecule has 1 aromatic carbocycles. The van der Waals surface area contributed by atoms with E-state index in [9.17, 15) is 4.79 Å². The molecule has 8 heteroatoms. The maximum atomic E-state index is 11.5. The number of aryl methyl sites for hydroxylation is 1. The van der Waals surface area contributed by atoms with Gasteiger partial charge in [-0.1, -0.05) is 22.9 Å². The Balaban J connectivity index is 1.50. The van der Waals surface area contributed by atoms with E-state index in [1.165, 1.54) is 4.68 Å². The Hall–Kier alpha value is -2.12. The van der Waals surface area contributed by atoms with Gasteiger partial charge in [0.05, 0.1) is 10.2 Å². The van der Waals surface area contributed by atoms with Crippen LogP contribution in [0.15, 0.2) is 35.1 Å². The van der Waals surface area contributed by atoms with Gasteiger partial charge in [0, 0.05) is 44.3 Å². The van der Waals surface area contributed by atoms with Gasteiger partial charge in [-0.15, -0.1) is 0 Å². The van der Waals surface area contributed by atoms with Crippen LogP contribution in [-0.2, 0) is 7.05 Å². The van der Waals surface area contributed by atoms with Crippen molar-refractivity contribution in [3.63, 3.8) is 0 Å². The molecule has 124 valence electrons. The molecule has 3 heterocycles. The minimum Gasteiger partial charge on any atom is -0.352 e. The molecule has 1 aliphatic rings. The van der Waals surface area contributed by atoms with Gasteiger partial charge in [0.25, 0.3) is 5.56 Å². The molecule has 0 N–H and O–H groups in total. The molecule has 6 nitrogen and oxygen atoms in total. The molecule has 0 spiro atoms. The van der Waals surface area contributed by atoms with Gasteiger partial charge in [0.1, 0.15) is 5.82 Å². The smallest absolute Gasteiger partial charge is 0.266 e. The van der Waals surface area contributed by atoms with Gasteiger partial charge in [0.2, 0.25) is 0 Å². The number of hydrogen-bond donors (Lipinski definition) is 0. The van der Waals surface area contributed by atoms with E-state index >= 15 is 0 Å². The molecule has 1 fully saturated rings. The third-order valence-corrected chi connectivity index (χ3v) is 5.47. The lowest BCUT2D eigenvalue weighted by Crippen LogP contribution is -2.47. The molecule has 24 heavy (non-hydrogen) atoms. The molecule has 0 amide bonds. The topological polar surface area (TPSA) is 54.3 Å². The Morgan fingerprint density at radius 1 is 1.08 bits per heavy atom. The fourth-order valence-electron chi connectivity index (χ4n) is 2.81. The summed E-state index contributed by atoms with van der Waals surface area (Å²) in [4.78, 5) is 20.6. The van der Waals surface area contributed by atoms with Crippen molar-refractivity contribution >= 4 is 44.1 Å². The molecule has 4 rings (SSSR count). The van der Waals surface area contributed by atoms with E-state index in [0.29, 0.717) is 0 Å². The van der Waals surface area contributed by atoms with Crippen molar-refractivity contribution in [1.29, 1.82) is 0 Å². The standard InChI is InChI=1S/C16H16ClN5OS/c1-20-15(23)5-4-14(19-20)21-6-8-22(9-7-21)16-18-12-3-2-11(17)10-13(12)24-16/h2-5,10H,6-9H2,1H3. The first-order chi connectivity index (χ1) is 11.6. The number of fused-ring (bicyclic) bond motifs is 1. The summed E-state index contributed by atoms with van der Waals surface area (Å²) in [5.74, 6) is 0.841. The molecule has 0 atom stereocenters. The Labute approximate surface area is 147 Å². The van der Waals surface area contributed by atoms with Gasteiger partial charge in [-0.05, 0) is 24.3 Å². The molecule has 1 saturated heterocycles. The third-order valence-electron chi connectivity index (χ3n) is 4.16. The summed E-state index contributed by atoms with van der Waals surface area (Å²) in [5.41, 5.74) is 0.895. The van der Waals surface area contributed by atoms with E-state index in [2.05, 4.69) is 14.9 Å². The van der Waals surface area contributed by atoms with Crippen LogP contribution in [0.4, 0.5) is 10.9 Å². The van der Waals surface area contributed by atoms with Crippen molar-refractivity contribution in [2.24, 2.45) is 7.05 Å². The lowest BCUT2D eigenvalue weighted by molar-refractivity contribution is 0.623. The molecular weight excluding hydrogens is 346 g/mol. The average molecular weight is 362 g/mol.